The molecule has 27 heavy (non-hydrogen) atoms. The summed E-state index contributed by atoms with van der Waals surface area (Å²) in [6, 6.07) is 8.25. The number of benzene rings is 1. The zero-order chi connectivity index (χ0) is 19.0. The SMILES string of the molecule is Cc1sc(-n2cnnn2)c(C(=O)NCCn2ccc3cc(Br)ccc32)c1C. The molecule has 7 nitrogen and oxygen atoms in total. The number of rotatable bonds is 5. The van der Waals surface area contributed by atoms with Crippen LogP contribution in [0.4, 0.5) is 0 Å². The van der Waals surface area contributed by atoms with Crippen LogP contribution in [0.5, 0.6) is 0 Å². The summed E-state index contributed by atoms with van der Waals surface area (Å²) in [6.45, 7) is 5.17. The van der Waals surface area contributed by atoms with Crippen LogP contribution >= 0.6 is 27.3 Å². The van der Waals surface area contributed by atoms with Crippen molar-refractivity contribution < 1.29 is 4.79 Å². The second-order valence-corrected chi connectivity index (χ2v) is 8.30. The average Bonchev–Trinajstić information content (AvgIpc) is 3.36. The van der Waals surface area contributed by atoms with E-state index >= 15 is 0 Å². The number of tetrazole rings is 1. The van der Waals surface area contributed by atoms with Gasteiger partial charge in [0.05, 0.1) is 5.56 Å². The van der Waals surface area contributed by atoms with E-state index in [1.165, 1.54) is 27.7 Å². The van der Waals surface area contributed by atoms with Gasteiger partial charge in [-0.05, 0) is 54.1 Å². The van der Waals surface area contributed by atoms with Crippen molar-refractivity contribution in [3.05, 3.63) is 57.3 Å². The number of nitrogens with zero attached hydrogens (tertiary/aromatic N) is 5. The first-order valence-electron chi connectivity index (χ1n) is 8.40. The first-order chi connectivity index (χ1) is 13.0. The van der Waals surface area contributed by atoms with Gasteiger partial charge in [0.15, 0.2) is 0 Å². The molecule has 0 aliphatic rings. The predicted molar refractivity (Wildman–Crippen MR) is 108 cm³/mol. The standard InChI is InChI=1S/C18H17BrN6OS/c1-11-12(2)27-18(25-10-21-22-23-25)16(11)17(26)20-6-8-24-7-5-13-9-14(19)3-4-15(13)24/h3-5,7,9-10H,6,8H2,1-2H3,(H,20,26). The molecule has 0 unspecified atom stereocenters. The quantitative estimate of drug-likeness (QED) is 0.510. The van der Waals surface area contributed by atoms with Gasteiger partial charge in [-0.15, -0.1) is 16.4 Å². The summed E-state index contributed by atoms with van der Waals surface area (Å²) >= 11 is 5.00. The number of carbonyl (C=O) groups is 1. The average molecular weight is 445 g/mol. The molecular weight excluding hydrogens is 428 g/mol. The molecule has 0 saturated carbocycles. The number of hydrogen-bond acceptors (Lipinski definition) is 5. The molecule has 1 amide bonds. The van der Waals surface area contributed by atoms with Crippen LogP contribution in [0.3, 0.4) is 0 Å². The minimum absolute atomic E-state index is 0.110. The lowest BCUT2D eigenvalue weighted by molar-refractivity contribution is 0.0952. The van der Waals surface area contributed by atoms with E-state index in [9.17, 15) is 4.79 Å². The molecule has 9 heteroatoms. The number of aryl methyl sites for hydroxylation is 1. The van der Waals surface area contributed by atoms with Crippen LogP contribution in [-0.2, 0) is 6.54 Å². The third-order valence-electron chi connectivity index (χ3n) is 4.52. The van der Waals surface area contributed by atoms with Crippen molar-refractivity contribution in [3.63, 3.8) is 0 Å². The van der Waals surface area contributed by atoms with Gasteiger partial charge in [0.1, 0.15) is 11.3 Å². The normalized spacial score (nSPS) is 11.2. The van der Waals surface area contributed by atoms with E-state index in [0.717, 1.165) is 25.4 Å². The molecule has 0 bridgehead atoms. The molecule has 138 valence electrons. The molecule has 3 heterocycles. The van der Waals surface area contributed by atoms with E-state index in [2.05, 4.69) is 59.5 Å². The van der Waals surface area contributed by atoms with Crippen LogP contribution in [0, 0.1) is 13.8 Å². The van der Waals surface area contributed by atoms with Gasteiger partial charge < -0.3 is 9.88 Å². The Kier molecular flexibility index (Phi) is 4.79. The molecule has 1 N–H and O–H groups in total. The Hall–Kier alpha value is -2.52. The molecule has 4 rings (SSSR count). The fraction of sp³-hybridized carbons (Fsp3) is 0.222. The Morgan fingerprint density at radius 1 is 1.30 bits per heavy atom. The Morgan fingerprint density at radius 3 is 2.93 bits per heavy atom. The monoisotopic (exact) mass is 444 g/mol. The molecule has 0 aliphatic heterocycles. The highest BCUT2D eigenvalue weighted by molar-refractivity contribution is 9.10. The van der Waals surface area contributed by atoms with E-state index in [1.807, 2.05) is 26.1 Å². The molecule has 0 saturated heterocycles. The van der Waals surface area contributed by atoms with E-state index in [1.54, 1.807) is 0 Å². The number of carbonyl (C=O) groups excluding carboxylic acids is 1. The summed E-state index contributed by atoms with van der Waals surface area (Å²) < 4.78 is 4.73. The summed E-state index contributed by atoms with van der Waals surface area (Å²) in [7, 11) is 0. The summed E-state index contributed by atoms with van der Waals surface area (Å²) in [5.74, 6) is -0.110. The fourth-order valence-corrected chi connectivity index (χ4v) is 4.49. The molecule has 1 aromatic carbocycles. The summed E-state index contributed by atoms with van der Waals surface area (Å²) in [5.41, 5.74) is 2.73. The lowest BCUT2D eigenvalue weighted by Crippen LogP contribution is -2.28. The molecular formula is C18H17BrN6OS. The van der Waals surface area contributed by atoms with Gasteiger partial charge in [-0.2, -0.15) is 4.68 Å². The van der Waals surface area contributed by atoms with Crippen molar-refractivity contribution in [2.24, 2.45) is 0 Å². The smallest absolute Gasteiger partial charge is 0.254 e. The van der Waals surface area contributed by atoms with E-state index in [-0.39, 0.29) is 5.91 Å². The number of nitrogens with one attached hydrogen (secondary N) is 1. The van der Waals surface area contributed by atoms with Crippen molar-refractivity contribution in [1.82, 2.24) is 30.1 Å². The summed E-state index contributed by atoms with van der Waals surface area (Å²) in [6.07, 6.45) is 3.54. The van der Waals surface area contributed by atoms with Crippen LogP contribution in [0.2, 0.25) is 0 Å². The maximum Gasteiger partial charge on any atom is 0.254 e. The van der Waals surface area contributed by atoms with Crippen molar-refractivity contribution in [2.45, 2.75) is 20.4 Å². The highest BCUT2D eigenvalue weighted by Crippen LogP contribution is 2.30. The minimum atomic E-state index is -0.110. The van der Waals surface area contributed by atoms with Gasteiger partial charge >= 0.3 is 0 Å². The number of fused-ring (bicyclic) bond motifs is 1. The third-order valence-corrected chi connectivity index (χ3v) is 6.21. The minimum Gasteiger partial charge on any atom is -0.350 e. The number of aromatic nitrogens is 5. The lowest BCUT2D eigenvalue weighted by Gasteiger charge is -2.09. The van der Waals surface area contributed by atoms with Gasteiger partial charge in [-0.25, -0.2) is 0 Å². The zero-order valence-electron chi connectivity index (χ0n) is 14.8. The molecule has 0 fully saturated rings. The van der Waals surface area contributed by atoms with Gasteiger partial charge in [-0.1, -0.05) is 15.9 Å². The van der Waals surface area contributed by atoms with Crippen molar-refractivity contribution in [1.29, 1.82) is 0 Å². The Balaban J connectivity index is 1.50. The van der Waals surface area contributed by atoms with Crippen LogP contribution in [0.25, 0.3) is 15.9 Å². The highest BCUT2D eigenvalue weighted by Gasteiger charge is 2.21. The maximum atomic E-state index is 12.8. The van der Waals surface area contributed by atoms with E-state index in [0.29, 0.717) is 18.7 Å². The topological polar surface area (TPSA) is 77.6 Å². The van der Waals surface area contributed by atoms with Crippen LogP contribution in [0.15, 0.2) is 41.3 Å². The Bertz CT molecular complexity index is 1110. The van der Waals surface area contributed by atoms with Crippen molar-refractivity contribution in [2.75, 3.05) is 6.54 Å². The first-order valence-corrected chi connectivity index (χ1v) is 10.0. The second kappa shape index (κ2) is 7.24. The fourth-order valence-electron chi connectivity index (χ4n) is 3.04. The van der Waals surface area contributed by atoms with Crippen LogP contribution in [0.1, 0.15) is 20.8 Å². The largest absolute Gasteiger partial charge is 0.350 e. The number of amides is 1. The summed E-state index contributed by atoms with van der Waals surface area (Å²) in [4.78, 5) is 13.9. The third kappa shape index (κ3) is 3.40. The maximum absolute atomic E-state index is 12.8. The molecule has 4 aromatic rings. The highest BCUT2D eigenvalue weighted by atomic mass is 79.9. The van der Waals surface area contributed by atoms with Crippen LogP contribution < -0.4 is 5.32 Å². The molecule has 0 spiro atoms. The van der Waals surface area contributed by atoms with Crippen molar-refractivity contribution >= 4 is 44.1 Å². The van der Waals surface area contributed by atoms with Gasteiger partial charge in [0.2, 0.25) is 0 Å². The van der Waals surface area contributed by atoms with Gasteiger partial charge in [0.25, 0.3) is 5.91 Å². The second-order valence-electron chi connectivity index (χ2n) is 6.19. The lowest BCUT2D eigenvalue weighted by atomic mass is 10.1. The van der Waals surface area contributed by atoms with Gasteiger partial charge in [-0.3, -0.25) is 4.79 Å². The predicted octanol–water partition coefficient (Wildman–Crippen LogP) is 3.49. The molecule has 0 atom stereocenters. The van der Waals surface area contributed by atoms with Crippen LogP contribution in [-0.4, -0.2) is 37.2 Å². The Labute approximate surface area is 168 Å². The molecule has 3 aromatic heterocycles. The number of hydrogen-bond donors (Lipinski definition) is 1. The first kappa shape index (κ1) is 17.9. The number of thiophene rings is 1. The van der Waals surface area contributed by atoms with E-state index in [4.69, 9.17) is 0 Å². The van der Waals surface area contributed by atoms with Gasteiger partial charge in [0, 0.05) is 39.5 Å². The van der Waals surface area contributed by atoms with Crippen molar-refractivity contribution in [3.8, 4) is 5.00 Å². The Morgan fingerprint density at radius 2 is 2.15 bits per heavy atom. The number of halogens is 1. The molecule has 0 aliphatic carbocycles. The zero-order valence-corrected chi connectivity index (χ0v) is 17.2. The summed E-state index contributed by atoms with van der Waals surface area (Å²) in [5, 5.41) is 16.2. The molecule has 0 radical (unpaired) electrons. The van der Waals surface area contributed by atoms with E-state index < -0.39 is 0 Å².